The fourth-order valence-corrected chi connectivity index (χ4v) is 4.51. The number of aromatic nitrogens is 1. The molecule has 0 saturated carbocycles. The summed E-state index contributed by atoms with van der Waals surface area (Å²) >= 11 is 0. The van der Waals surface area contributed by atoms with Gasteiger partial charge in [-0.15, -0.1) is 0 Å². The Morgan fingerprint density at radius 1 is 1.00 bits per heavy atom. The van der Waals surface area contributed by atoms with E-state index in [0.717, 1.165) is 39.5 Å². The molecule has 4 nitrogen and oxygen atoms in total. The number of Topliss-reactive ketones (excluding diaryl/α,β-unsaturated/α-hetero) is 2. The molecule has 3 aromatic carbocycles. The quantitative estimate of drug-likeness (QED) is 0.383. The number of ketones is 3. The Kier molecular flexibility index (Phi) is 3.78. The third kappa shape index (κ3) is 2.42. The molecule has 0 bridgehead atoms. The SMILES string of the molecule is CCn1c2ccc(C(=O)c3ccccc3C)cc2c2c3c(ccc21)C(=O)C(=O)C3. The van der Waals surface area contributed by atoms with Crippen LogP contribution in [0.3, 0.4) is 0 Å². The number of aryl methyl sites for hydroxylation is 2. The van der Waals surface area contributed by atoms with Gasteiger partial charge in [-0.1, -0.05) is 24.3 Å². The molecular formula is C25H19NO3. The summed E-state index contributed by atoms with van der Waals surface area (Å²) in [7, 11) is 0. The second-order valence-corrected chi connectivity index (χ2v) is 7.54. The minimum absolute atomic E-state index is 0.0258. The number of fused-ring (bicyclic) bond motifs is 5. The lowest BCUT2D eigenvalue weighted by Crippen LogP contribution is -2.05. The van der Waals surface area contributed by atoms with Crippen LogP contribution in [-0.2, 0) is 17.8 Å². The average molecular weight is 381 g/mol. The number of carbonyl (C=O) groups is 3. The molecule has 4 aromatic rings. The van der Waals surface area contributed by atoms with Gasteiger partial charge in [0.15, 0.2) is 5.78 Å². The van der Waals surface area contributed by atoms with Gasteiger partial charge in [-0.05, 0) is 55.3 Å². The zero-order valence-corrected chi connectivity index (χ0v) is 16.3. The summed E-state index contributed by atoms with van der Waals surface area (Å²) in [4.78, 5) is 37.5. The Morgan fingerprint density at radius 3 is 2.52 bits per heavy atom. The zero-order chi connectivity index (χ0) is 20.3. The Labute approximate surface area is 167 Å². The molecule has 5 rings (SSSR count). The fraction of sp³-hybridized carbons (Fsp3) is 0.160. The summed E-state index contributed by atoms with van der Waals surface area (Å²) in [6.07, 6.45) is 0.129. The Hall–Kier alpha value is -3.53. The van der Waals surface area contributed by atoms with Gasteiger partial charge in [0.2, 0.25) is 11.6 Å². The van der Waals surface area contributed by atoms with Crippen molar-refractivity contribution in [2.24, 2.45) is 0 Å². The van der Waals surface area contributed by atoms with Crippen molar-refractivity contribution in [3.05, 3.63) is 82.4 Å². The van der Waals surface area contributed by atoms with E-state index in [1.807, 2.05) is 55.5 Å². The van der Waals surface area contributed by atoms with Gasteiger partial charge in [-0.3, -0.25) is 14.4 Å². The number of nitrogens with zero attached hydrogens (tertiary/aromatic N) is 1. The van der Waals surface area contributed by atoms with Crippen LogP contribution in [-0.4, -0.2) is 21.9 Å². The van der Waals surface area contributed by atoms with Gasteiger partial charge in [-0.2, -0.15) is 0 Å². The van der Waals surface area contributed by atoms with E-state index >= 15 is 0 Å². The van der Waals surface area contributed by atoms with Crippen molar-refractivity contribution in [1.29, 1.82) is 0 Å². The van der Waals surface area contributed by atoms with E-state index in [1.165, 1.54) is 0 Å². The van der Waals surface area contributed by atoms with Gasteiger partial charge in [0.05, 0.1) is 0 Å². The molecule has 1 aliphatic rings. The molecule has 0 saturated heterocycles. The highest BCUT2D eigenvalue weighted by molar-refractivity contribution is 6.48. The minimum atomic E-state index is -0.411. The largest absolute Gasteiger partial charge is 0.341 e. The first kappa shape index (κ1) is 17.6. The molecule has 29 heavy (non-hydrogen) atoms. The van der Waals surface area contributed by atoms with E-state index < -0.39 is 5.78 Å². The van der Waals surface area contributed by atoms with E-state index in [2.05, 4.69) is 11.5 Å². The summed E-state index contributed by atoms with van der Waals surface area (Å²) in [6, 6.07) is 17.0. The van der Waals surface area contributed by atoms with Gasteiger partial charge in [0, 0.05) is 51.5 Å². The lowest BCUT2D eigenvalue weighted by molar-refractivity contribution is -0.114. The van der Waals surface area contributed by atoms with Crippen molar-refractivity contribution in [3.8, 4) is 0 Å². The maximum atomic E-state index is 13.1. The first-order valence-electron chi connectivity index (χ1n) is 9.77. The molecule has 1 aliphatic carbocycles. The van der Waals surface area contributed by atoms with Gasteiger partial charge in [-0.25, -0.2) is 0 Å². The predicted octanol–water partition coefficient (Wildman–Crippen LogP) is 4.66. The molecule has 0 unspecified atom stereocenters. The third-order valence-electron chi connectivity index (χ3n) is 5.94. The highest BCUT2D eigenvalue weighted by atomic mass is 16.2. The van der Waals surface area contributed by atoms with Crippen LogP contribution >= 0.6 is 0 Å². The van der Waals surface area contributed by atoms with Crippen molar-refractivity contribution >= 4 is 39.2 Å². The third-order valence-corrected chi connectivity index (χ3v) is 5.94. The van der Waals surface area contributed by atoms with E-state index in [9.17, 15) is 14.4 Å². The average Bonchev–Trinajstić information content (AvgIpc) is 3.21. The van der Waals surface area contributed by atoms with Crippen LogP contribution in [0.15, 0.2) is 54.6 Å². The predicted molar refractivity (Wildman–Crippen MR) is 113 cm³/mol. The molecule has 4 heteroatoms. The highest BCUT2D eigenvalue weighted by Gasteiger charge is 2.31. The van der Waals surface area contributed by atoms with Crippen molar-refractivity contribution in [1.82, 2.24) is 4.57 Å². The number of hydrogen-bond acceptors (Lipinski definition) is 3. The van der Waals surface area contributed by atoms with E-state index in [4.69, 9.17) is 0 Å². The van der Waals surface area contributed by atoms with E-state index in [1.54, 1.807) is 6.07 Å². The van der Waals surface area contributed by atoms with E-state index in [-0.39, 0.29) is 18.0 Å². The van der Waals surface area contributed by atoms with Crippen molar-refractivity contribution in [2.45, 2.75) is 26.8 Å². The van der Waals surface area contributed by atoms with Gasteiger partial charge >= 0.3 is 0 Å². The lowest BCUT2D eigenvalue weighted by atomic mass is 9.96. The summed E-state index contributed by atoms with van der Waals surface area (Å²) < 4.78 is 2.17. The van der Waals surface area contributed by atoms with Crippen LogP contribution in [0.4, 0.5) is 0 Å². The monoisotopic (exact) mass is 381 g/mol. The number of benzene rings is 3. The Morgan fingerprint density at radius 2 is 1.76 bits per heavy atom. The molecule has 0 atom stereocenters. The summed E-state index contributed by atoms with van der Waals surface area (Å²) in [5.41, 5.74) is 5.50. The topological polar surface area (TPSA) is 56.1 Å². The molecule has 1 heterocycles. The van der Waals surface area contributed by atoms with Crippen molar-refractivity contribution in [3.63, 3.8) is 0 Å². The maximum Gasteiger partial charge on any atom is 0.229 e. The van der Waals surface area contributed by atoms with Crippen LogP contribution in [0, 0.1) is 6.92 Å². The Bertz CT molecular complexity index is 1370. The fourth-order valence-electron chi connectivity index (χ4n) is 4.51. The normalized spacial score (nSPS) is 13.4. The number of rotatable bonds is 3. The summed E-state index contributed by atoms with van der Waals surface area (Å²) in [5.74, 6) is -0.800. The van der Waals surface area contributed by atoms with Crippen molar-refractivity contribution in [2.75, 3.05) is 0 Å². The first-order valence-corrected chi connectivity index (χ1v) is 9.77. The van der Waals surface area contributed by atoms with E-state index in [0.29, 0.717) is 16.7 Å². The smallest absolute Gasteiger partial charge is 0.229 e. The second-order valence-electron chi connectivity index (χ2n) is 7.54. The van der Waals surface area contributed by atoms with Crippen LogP contribution < -0.4 is 0 Å². The van der Waals surface area contributed by atoms with Gasteiger partial charge in [0.1, 0.15) is 0 Å². The molecule has 0 fully saturated rings. The number of carbonyl (C=O) groups excluding carboxylic acids is 3. The van der Waals surface area contributed by atoms with Crippen LogP contribution in [0.5, 0.6) is 0 Å². The van der Waals surface area contributed by atoms with Gasteiger partial charge < -0.3 is 4.57 Å². The Balaban J connectivity index is 1.81. The molecule has 0 radical (unpaired) electrons. The molecule has 142 valence electrons. The number of hydrogen-bond donors (Lipinski definition) is 0. The maximum absolute atomic E-state index is 13.1. The molecular weight excluding hydrogens is 362 g/mol. The summed E-state index contributed by atoms with van der Waals surface area (Å²) in [5, 5.41) is 1.83. The lowest BCUT2D eigenvalue weighted by Gasteiger charge is -2.06. The molecule has 0 aliphatic heterocycles. The molecule has 0 spiro atoms. The van der Waals surface area contributed by atoms with Crippen LogP contribution in [0.1, 0.15) is 44.3 Å². The standard InChI is InChI=1S/C25H19NO3/c1-3-26-20-10-8-15(24(28)16-7-5-4-6-14(16)2)12-19(20)23-18-13-22(27)25(29)17(18)9-11-21(23)26/h4-12H,3,13H2,1-2H3. The second kappa shape index (κ2) is 6.24. The molecule has 0 amide bonds. The molecule has 0 N–H and O–H groups in total. The van der Waals surface area contributed by atoms with Crippen LogP contribution in [0.2, 0.25) is 0 Å². The van der Waals surface area contributed by atoms with Crippen molar-refractivity contribution < 1.29 is 14.4 Å². The first-order chi connectivity index (χ1) is 14.0. The molecule has 1 aromatic heterocycles. The zero-order valence-electron chi connectivity index (χ0n) is 16.3. The van der Waals surface area contributed by atoms with Gasteiger partial charge in [0.25, 0.3) is 0 Å². The minimum Gasteiger partial charge on any atom is -0.341 e. The van der Waals surface area contributed by atoms with Crippen LogP contribution in [0.25, 0.3) is 21.8 Å². The highest BCUT2D eigenvalue weighted by Crippen LogP contribution is 2.37. The summed E-state index contributed by atoms with van der Waals surface area (Å²) in [6.45, 7) is 4.75.